The zero-order valence-corrected chi connectivity index (χ0v) is 25.7. The van der Waals surface area contributed by atoms with Crippen molar-refractivity contribution in [2.75, 3.05) is 37.4 Å². The van der Waals surface area contributed by atoms with E-state index in [9.17, 15) is 19.1 Å². The highest BCUT2D eigenvalue weighted by molar-refractivity contribution is 6.04. The van der Waals surface area contributed by atoms with E-state index in [-0.39, 0.29) is 30.3 Å². The number of rotatable bonds is 9. The van der Waals surface area contributed by atoms with E-state index in [1.54, 1.807) is 23.1 Å². The summed E-state index contributed by atoms with van der Waals surface area (Å²) in [6, 6.07) is 28.2. The lowest BCUT2D eigenvalue weighted by atomic mass is 9.98. The van der Waals surface area contributed by atoms with Crippen molar-refractivity contribution in [3.63, 3.8) is 0 Å². The van der Waals surface area contributed by atoms with Gasteiger partial charge in [-0.05, 0) is 67.1 Å². The Bertz CT molecular complexity index is 1600. The molecule has 0 saturated heterocycles. The van der Waals surface area contributed by atoms with Gasteiger partial charge in [-0.1, -0.05) is 67.6 Å². The predicted molar refractivity (Wildman–Crippen MR) is 175 cm³/mol. The zero-order chi connectivity index (χ0) is 31.9. The summed E-state index contributed by atoms with van der Waals surface area (Å²) in [7, 11) is 2.03. The molecule has 4 aromatic carbocycles. The van der Waals surface area contributed by atoms with Crippen molar-refractivity contribution in [2.45, 2.75) is 32.5 Å². The topological polar surface area (TPSA) is 94.1 Å². The molecule has 5 rings (SSSR count). The number of amides is 3. The minimum absolute atomic E-state index is 0.0971. The third kappa shape index (κ3) is 7.87. The second-order valence-corrected chi connectivity index (χ2v) is 11.7. The Morgan fingerprint density at radius 1 is 0.978 bits per heavy atom. The number of nitrogens with one attached hydrogen (secondary N) is 2. The summed E-state index contributed by atoms with van der Waals surface area (Å²) in [4.78, 5) is 30.5. The minimum Gasteiger partial charge on any atom is -0.486 e. The van der Waals surface area contributed by atoms with E-state index in [4.69, 9.17) is 4.74 Å². The van der Waals surface area contributed by atoms with Crippen LogP contribution in [0.3, 0.4) is 0 Å². The summed E-state index contributed by atoms with van der Waals surface area (Å²) in [5.74, 6) is -0.524. The Hall–Kier alpha value is -4.73. The molecule has 0 aromatic heterocycles. The smallest absolute Gasteiger partial charge is 0.323 e. The van der Waals surface area contributed by atoms with Crippen LogP contribution in [0.25, 0.3) is 11.1 Å². The molecular formula is C36H39FN4O4. The third-order valence-corrected chi connectivity index (χ3v) is 8.05. The number of para-hydroxylation sites is 1. The van der Waals surface area contributed by atoms with Gasteiger partial charge in [0.1, 0.15) is 11.9 Å². The summed E-state index contributed by atoms with van der Waals surface area (Å²) in [6.45, 7) is 5.28. The molecule has 8 nitrogen and oxygen atoms in total. The van der Waals surface area contributed by atoms with Crippen molar-refractivity contribution >= 4 is 23.3 Å². The summed E-state index contributed by atoms with van der Waals surface area (Å²) in [6.07, 6.45) is -0.345. The summed E-state index contributed by atoms with van der Waals surface area (Å²) in [5, 5.41) is 15.5. The van der Waals surface area contributed by atoms with Crippen molar-refractivity contribution < 1.29 is 23.8 Å². The summed E-state index contributed by atoms with van der Waals surface area (Å²) in [5.41, 5.74) is 4.52. The third-order valence-electron chi connectivity index (χ3n) is 8.05. The molecule has 3 atom stereocenters. The number of ether oxygens (including phenoxy) is 1. The van der Waals surface area contributed by atoms with E-state index in [0.29, 0.717) is 36.6 Å². The molecule has 3 N–H and O–H groups in total. The number of likely N-dealkylation sites (N-methyl/N-ethyl adjacent to an activating group) is 1. The van der Waals surface area contributed by atoms with E-state index < -0.39 is 17.9 Å². The van der Waals surface area contributed by atoms with Crippen LogP contribution < -0.4 is 15.4 Å². The molecule has 1 aliphatic rings. The van der Waals surface area contributed by atoms with Crippen LogP contribution in [0.15, 0.2) is 97.1 Å². The van der Waals surface area contributed by atoms with E-state index in [1.165, 1.54) is 29.8 Å². The lowest BCUT2D eigenvalue weighted by molar-refractivity contribution is 0.0343. The number of carbonyl (C=O) groups is 2. The summed E-state index contributed by atoms with van der Waals surface area (Å²) >= 11 is 0. The van der Waals surface area contributed by atoms with Crippen LogP contribution in [0, 0.1) is 11.7 Å². The highest BCUT2D eigenvalue weighted by Gasteiger charge is 2.34. The number of anilines is 2. The van der Waals surface area contributed by atoms with Crippen molar-refractivity contribution in [3.05, 3.63) is 114 Å². The van der Waals surface area contributed by atoms with Crippen molar-refractivity contribution in [1.82, 2.24) is 9.80 Å². The first kappa shape index (κ1) is 31.7. The first-order valence-electron chi connectivity index (χ1n) is 15.1. The van der Waals surface area contributed by atoms with E-state index in [1.807, 2.05) is 39.1 Å². The van der Waals surface area contributed by atoms with Gasteiger partial charge in [0.15, 0.2) is 5.75 Å². The molecule has 234 valence electrons. The van der Waals surface area contributed by atoms with Crippen LogP contribution in [-0.4, -0.2) is 65.7 Å². The highest BCUT2D eigenvalue weighted by Crippen LogP contribution is 2.35. The molecule has 0 saturated carbocycles. The number of hydrogen-bond donors (Lipinski definition) is 3. The SMILES string of the molecule is C[C@@H]1CN([C@H](C)CO)C(=O)c2cccc(NC(=O)Nc3ccc(F)cc3)c2O[C@H]1CN(C)Cc1ccc(-c2ccccc2)cc1. The molecule has 1 heterocycles. The highest BCUT2D eigenvalue weighted by atomic mass is 19.1. The Labute approximate surface area is 263 Å². The number of nitrogens with zero attached hydrogens (tertiary/aromatic N) is 2. The van der Waals surface area contributed by atoms with Gasteiger partial charge in [0.05, 0.1) is 23.9 Å². The number of aliphatic hydroxyl groups is 1. The normalized spacial score (nSPS) is 17.1. The fourth-order valence-corrected chi connectivity index (χ4v) is 5.49. The van der Waals surface area contributed by atoms with E-state index in [0.717, 1.165) is 11.1 Å². The van der Waals surface area contributed by atoms with E-state index in [2.05, 4.69) is 51.9 Å². The quantitative estimate of drug-likeness (QED) is 0.202. The van der Waals surface area contributed by atoms with Gasteiger partial charge in [-0.3, -0.25) is 9.69 Å². The van der Waals surface area contributed by atoms with Gasteiger partial charge in [-0.2, -0.15) is 0 Å². The maximum absolute atomic E-state index is 13.8. The number of halogens is 1. The number of hydrogen-bond acceptors (Lipinski definition) is 5. The summed E-state index contributed by atoms with van der Waals surface area (Å²) < 4.78 is 20.0. The molecule has 0 unspecified atom stereocenters. The Morgan fingerprint density at radius 3 is 2.36 bits per heavy atom. The number of aliphatic hydroxyl groups excluding tert-OH is 1. The molecule has 45 heavy (non-hydrogen) atoms. The molecule has 0 bridgehead atoms. The van der Waals surface area contributed by atoms with Gasteiger partial charge < -0.3 is 25.4 Å². The molecule has 0 fully saturated rings. The van der Waals surface area contributed by atoms with Crippen LogP contribution in [0.1, 0.15) is 29.8 Å². The number of fused-ring (bicyclic) bond motifs is 1. The first-order valence-corrected chi connectivity index (χ1v) is 15.1. The number of carbonyl (C=O) groups excluding carboxylic acids is 2. The van der Waals surface area contributed by atoms with Gasteiger partial charge in [0.25, 0.3) is 5.91 Å². The predicted octanol–water partition coefficient (Wildman–Crippen LogP) is 6.49. The maximum atomic E-state index is 13.8. The van der Waals surface area contributed by atoms with Crippen molar-refractivity contribution in [1.29, 1.82) is 0 Å². The van der Waals surface area contributed by atoms with Gasteiger partial charge in [-0.25, -0.2) is 9.18 Å². The second kappa shape index (κ2) is 14.4. The second-order valence-electron chi connectivity index (χ2n) is 11.7. The Morgan fingerprint density at radius 2 is 1.67 bits per heavy atom. The van der Waals surface area contributed by atoms with Crippen LogP contribution in [0.4, 0.5) is 20.6 Å². The Balaban J connectivity index is 1.37. The van der Waals surface area contributed by atoms with E-state index >= 15 is 0 Å². The molecule has 4 aromatic rings. The molecule has 1 aliphatic heterocycles. The molecule has 0 radical (unpaired) electrons. The number of benzene rings is 4. The molecule has 0 spiro atoms. The van der Waals surface area contributed by atoms with Gasteiger partial charge >= 0.3 is 6.03 Å². The molecule has 3 amide bonds. The monoisotopic (exact) mass is 610 g/mol. The number of urea groups is 1. The van der Waals surface area contributed by atoms with Gasteiger partial charge in [0.2, 0.25) is 0 Å². The van der Waals surface area contributed by atoms with Crippen molar-refractivity contribution in [2.24, 2.45) is 5.92 Å². The van der Waals surface area contributed by atoms with Crippen molar-refractivity contribution in [3.8, 4) is 16.9 Å². The zero-order valence-electron chi connectivity index (χ0n) is 25.7. The Kier molecular flexibility index (Phi) is 10.1. The lowest BCUT2D eigenvalue weighted by Gasteiger charge is -2.38. The molecular weight excluding hydrogens is 571 g/mol. The fourth-order valence-electron chi connectivity index (χ4n) is 5.49. The average Bonchev–Trinajstić information content (AvgIpc) is 3.04. The van der Waals surface area contributed by atoms with Crippen LogP contribution >= 0.6 is 0 Å². The standard InChI is InChI=1S/C36H39FN4O4/c1-24-20-41(25(2)23-42)35(43)31-10-7-11-32(39-36(44)38-30-18-16-29(37)17-19-30)34(31)45-33(24)22-40(3)21-26-12-14-28(15-13-26)27-8-5-4-6-9-27/h4-19,24-25,33,42H,20-23H2,1-3H3,(H2,38,39,44)/t24-,25-,33+/m1/s1. The van der Waals surface area contributed by atoms with Crippen LogP contribution in [0.2, 0.25) is 0 Å². The first-order chi connectivity index (χ1) is 21.7. The van der Waals surface area contributed by atoms with Crippen LogP contribution in [0.5, 0.6) is 5.75 Å². The maximum Gasteiger partial charge on any atom is 0.323 e. The molecule has 9 heteroatoms. The average molecular weight is 611 g/mol. The van der Waals surface area contributed by atoms with Gasteiger partial charge in [0, 0.05) is 31.2 Å². The van der Waals surface area contributed by atoms with Crippen LogP contribution in [-0.2, 0) is 6.54 Å². The lowest BCUT2D eigenvalue weighted by Crippen LogP contribution is -2.49. The molecule has 0 aliphatic carbocycles. The fraction of sp³-hybridized carbons (Fsp3) is 0.278. The van der Waals surface area contributed by atoms with Gasteiger partial charge in [-0.15, -0.1) is 0 Å². The largest absolute Gasteiger partial charge is 0.486 e. The minimum atomic E-state index is -0.561.